The summed E-state index contributed by atoms with van der Waals surface area (Å²) in [6.07, 6.45) is 0.860. The number of rotatable bonds is 3. The third-order valence-electron chi connectivity index (χ3n) is 3.06. The zero-order valence-corrected chi connectivity index (χ0v) is 11.4. The Morgan fingerprint density at radius 3 is 2.94 bits per heavy atom. The van der Waals surface area contributed by atoms with Crippen LogP contribution in [0.3, 0.4) is 0 Å². The summed E-state index contributed by atoms with van der Waals surface area (Å²) in [4.78, 5) is -1.61. The van der Waals surface area contributed by atoms with E-state index in [1.54, 1.807) is 6.07 Å². The SMILES string of the molecule is OC[C@](O)(S)C(S)C1CCc2cc(F)ccc2O1. The Hall–Kier alpha value is -0.430. The molecule has 18 heavy (non-hydrogen) atoms. The van der Waals surface area contributed by atoms with Crippen LogP contribution in [-0.4, -0.2) is 33.1 Å². The van der Waals surface area contributed by atoms with Gasteiger partial charge in [-0.2, -0.15) is 12.6 Å². The van der Waals surface area contributed by atoms with Crippen molar-refractivity contribution >= 4 is 25.3 Å². The van der Waals surface area contributed by atoms with Gasteiger partial charge in [-0.1, -0.05) is 0 Å². The van der Waals surface area contributed by atoms with Crippen LogP contribution in [0, 0.1) is 5.82 Å². The van der Waals surface area contributed by atoms with Crippen LogP contribution in [0.4, 0.5) is 4.39 Å². The Balaban J connectivity index is 2.15. The number of aliphatic hydroxyl groups is 2. The third-order valence-corrected chi connectivity index (χ3v) is 4.44. The van der Waals surface area contributed by atoms with Crippen molar-refractivity contribution in [2.45, 2.75) is 29.1 Å². The molecule has 0 saturated carbocycles. The van der Waals surface area contributed by atoms with Crippen molar-refractivity contribution < 1.29 is 19.3 Å². The summed E-state index contributed by atoms with van der Waals surface area (Å²) >= 11 is 8.23. The highest BCUT2D eigenvalue weighted by Crippen LogP contribution is 2.34. The van der Waals surface area contributed by atoms with Crippen molar-refractivity contribution in [1.82, 2.24) is 0 Å². The lowest BCUT2D eigenvalue weighted by Gasteiger charge is -2.36. The average Bonchev–Trinajstić information content (AvgIpc) is 2.37. The second kappa shape index (κ2) is 5.28. The van der Waals surface area contributed by atoms with E-state index in [-0.39, 0.29) is 11.9 Å². The van der Waals surface area contributed by atoms with Crippen LogP contribution in [0.1, 0.15) is 12.0 Å². The predicted molar refractivity (Wildman–Crippen MR) is 72.9 cm³/mol. The first-order valence-electron chi connectivity index (χ1n) is 5.63. The molecule has 100 valence electrons. The van der Waals surface area contributed by atoms with Gasteiger partial charge in [-0.05, 0) is 36.6 Å². The van der Waals surface area contributed by atoms with Crippen molar-refractivity contribution in [1.29, 1.82) is 0 Å². The minimum atomic E-state index is -1.61. The van der Waals surface area contributed by atoms with Gasteiger partial charge in [0.2, 0.25) is 0 Å². The summed E-state index contributed by atoms with van der Waals surface area (Å²) in [6, 6.07) is 4.33. The van der Waals surface area contributed by atoms with E-state index in [9.17, 15) is 9.50 Å². The van der Waals surface area contributed by atoms with E-state index in [2.05, 4.69) is 25.3 Å². The molecule has 2 rings (SSSR count). The maximum Gasteiger partial charge on any atom is 0.145 e. The monoisotopic (exact) mass is 290 g/mol. The molecule has 3 atom stereocenters. The second-order valence-electron chi connectivity index (χ2n) is 4.43. The van der Waals surface area contributed by atoms with E-state index in [1.165, 1.54) is 12.1 Å². The van der Waals surface area contributed by atoms with E-state index in [1.807, 2.05) is 0 Å². The fraction of sp³-hybridized carbons (Fsp3) is 0.500. The average molecular weight is 290 g/mol. The lowest BCUT2D eigenvalue weighted by atomic mass is 9.98. The van der Waals surface area contributed by atoms with Crippen LogP contribution in [0.2, 0.25) is 0 Å². The van der Waals surface area contributed by atoms with Gasteiger partial charge in [0.05, 0.1) is 11.9 Å². The molecular weight excluding hydrogens is 275 g/mol. The number of aryl methyl sites for hydroxylation is 1. The van der Waals surface area contributed by atoms with Crippen LogP contribution in [0.15, 0.2) is 18.2 Å². The van der Waals surface area contributed by atoms with E-state index in [0.717, 1.165) is 5.56 Å². The first-order chi connectivity index (χ1) is 8.44. The molecule has 0 amide bonds. The lowest BCUT2D eigenvalue weighted by molar-refractivity contribution is 0.0280. The molecule has 2 unspecified atom stereocenters. The summed E-state index contributed by atoms with van der Waals surface area (Å²) < 4.78 is 18.7. The van der Waals surface area contributed by atoms with E-state index in [4.69, 9.17) is 9.84 Å². The molecule has 1 aromatic rings. The van der Waals surface area contributed by atoms with E-state index < -0.39 is 16.8 Å². The smallest absolute Gasteiger partial charge is 0.145 e. The molecule has 0 radical (unpaired) electrons. The van der Waals surface area contributed by atoms with E-state index >= 15 is 0 Å². The maximum absolute atomic E-state index is 13.0. The highest BCUT2D eigenvalue weighted by atomic mass is 32.1. The van der Waals surface area contributed by atoms with Crippen molar-refractivity contribution in [2.24, 2.45) is 0 Å². The first kappa shape index (κ1) is 14.0. The number of hydrogen-bond acceptors (Lipinski definition) is 5. The topological polar surface area (TPSA) is 49.7 Å². The zero-order valence-electron chi connectivity index (χ0n) is 9.58. The van der Waals surface area contributed by atoms with Gasteiger partial charge in [0.1, 0.15) is 22.6 Å². The molecule has 1 aliphatic heterocycles. The second-order valence-corrected chi connectivity index (χ2v) is 5.76. The highest BCUT2D eigenvalue weighted by Gasteiger charge is 2.38. The van der Waals surface area contributed by atoms with Gasteiger partial charge in [-0.15, -0.1) is 12.6 Å². The van der Waals surface area contributed by atoms with Gasteiger partial charge in [0.25, 0.3) is 0 Å². The van der Waals surface area contributed by atoms with Crippen molar-refractivity contribution in [2.75, 3.05) is 6.61 Å². The minimum absolute atomic E-state index is 0.292. The molecule has 0 bridgehead atoms. The lowest BCUT2D eigenvalue weighted by Crippen LogP contribution is -2.47. The summed E-state index contributed by atoms with van der Waals surface area (Å²) in [6.45, 7) is -0.513. The van der Waals surface area contributed by atoms with Gasteiger partial charge in [0, 0.05) is 0 Å². The first-order valence-corrected chi connectivity index (χ1v) is 6.59. The van der Waals surface area contributed by atoms with Crippen LogP contribution in [0.25, 0.3) is 0 Å². The molecule has 0 aromatic heterocycles. The van der Waals surface area contributed by atoms with Gasteiger partial charge in [0.15, 0.2) is 0 Å². The normalized spacial score (nSPS) is 23.7. The molecule has 1 aromatic carbocycles. The number of fused-ring (bicyclic) bond motifs is 1. The standard InChI is InChI=1S/C12H15FO3S2/c13-8-2-4-9-7(5-8)1-3-10(16-9)11(17)12(15,18)6-14/h2,4-5,10-11,14-15,17-18H,1,3,6H2/t10?,11?,12-/m0/s1. The number of halogens is 1. The summed E-state index contributed by atoms with van der Waals surface area (Å²) in [5, 5.41) is 18.2. The van der Waals surface area contributed by atoms with Crippen LogP contribution < -0.4 is 4.74 Å². The quantitative estimate of drug-likeness (QED) is 0.503. The van der Waals surface area contributed by atoms with Crippen LogP contribution in [-0.2, 0) is 6.42 Å². The minimum Gasteiger partial charge on any atom is -0.489 e. The molecule has 0 aliphatic carbocycles. The molecule has 6 heteroatoms. The zero-order chi connectivity index (χ0) is 13.3. The molecule has 1 aliphatic rings. The van der Waals surface area contributed by atoms with E-state index in [0.29, 0.717) is 18.6 Å². The Labute approximate surface area is 116 Å². The Bertz CT molecular complexity index is 439. The fourth-order valence-electron chi connectivity index (χ4n) is 1.99. The van der Waals surface area contributed by atoms with Crippen LogP contribution >= 0.6 is 25.3 Å². The molecule has 1 heterocycles. The predicted octanol–water partition coefficient (Wildman–Crippen LogP) is 1.43. The number of thiol groups is 2. The van der Waals surface area contributed by atoms with Gasteiger partial charge >= 0.3 is 0 Å². The number of ether oxygens (including phenoxy) is 1. The number of hydrogen-bond donors (Lipinski definition) is 4. The molecule has 0 spiro atoms. The van der Waals surface area contributed by atoms with Crippen molar-refractivity contribution in [3.63, 3.8) is 0 Å². The maximum atomic E-state index is 13.0. The summed E-state index contributed by atoms with van der Waals surface area (Å²) in [5.41, 5.74) is 0.804. The molecule has 3 nitrogen and oxygen atoms in total. The summed E-state index contributed by atoms with van der Waals surface area (Å²) in [5.74, 6) is 0.299. The largest absolute Gasteiger partial charge is 0.489 e. The third kappa shape index (κ3) is 2.77. The fourth-order valence-corrected chi connectivity index (χ4v) is 2.45. The summed E-state index contributed by atoms with van der Waals surface area (Å²) in [7, 11) is 0. The Morgan fingerprint density at radius 1 is 1.56 bits per heavy atom. The molecule has 0 fully saturated rings. The Morgan fingerprint density at radius 2 is 2.28 bits per heavy atom. The van der Waals surface area contributed by atoms with Gasteiger partial charge in [-0.25, -0.2) is 4.39 Å². The van der Waals surface area contributed by atoms with Gasteiger partial charge in [-0.3, -0.25) is 0 Å². The highest BCUT2D eigenvalue weighted by molar-refractivity contribution is 7.85. The van der Waals surface area contributed by atoms with Gasteiger partial charge < -0.3 is 14.9 Å². The molecular formula is C12H15FO3S2. The van der Waals surface area contributed by atoms with Crippen molar-refractivity contribution in [3.05, 3.63) is 29.6 Å². The Kier molecular flexibility index (Phi) is 4.11. The molecule has 0 saturated heterocycles. The number of benzene rings is 1. The van der Waals surface area contributed by atoms with Crippen LogP contribution in [0.5, 0.6) is 5.75 Å². The van der Waals surface area contributed by atoms with Crippen molar-refractivity contribution in [3.8, 4) is 5.75 Å². The number of aliphatic hydroxyl groups excluding tert-OH is 1. The molecule has 2 N–H and O–H groups in total.